The molecule has 0 saturated heterocycles. The molecule has 0 saturated carbocycles. The summed E-state index contributed by atoms with van der Waals surface area (Å²) in [5.41, 5.74) is 2.00. The summed E-state index contributed by atoms with van der Waals surface area (Å²) in [6.45, 7) is 0.199. The number of hydrogen-bond donors (Lipinski definition) is 1. The molecule has 0 bridgehead atoms. The number of pyridine rings is 1. The van der Waals surface area contributed by atoms with E-state index in [9.17, 15) is 13.2 Å². The molecule has 0 aliphatic carbocycles. The van der Waals surface area contributed by atoms with Crippen LogP contribution in [0.3, 0.4) is 0 Å². The average Bonchev–Trinajstić information content (AvgIpc) is 2.82. The molecule has 2 aromatic heterocycles. The van der Waals surface area contributed by atoms with Gasteiger partial charge in [0.2, 0.25) is 15.6 Å². The van der Waals surface area contributed by atoms with Crippen LogP contribution in [0.2, 0.25) is 0 Å². The molecule has 0 aliphatic heterocycles. The van der Waals surface area contributed by atoms with Crippen LogP contribution in [-0.2, 0) is 16.6 Å². The monoisotopic (exact) mass is 285 g/mol. The molecule has 0 aromatic carbocycles. The van der Waals surface area contributed by atoms with Crippen molar-refractivity contribution in [2.75, 3.05) is 7.05 Å². The fourth-order valence-electron chi connectivity index (χ4n) is 1.37. The number of aromatic amines is 1. The summed E-state index contributed by atoms with van der Waals surface area (Å²) in [6.07, 6.45) is 1.19. The summed E-state index contributed by atoms with van der Waals surface area (Å²) >= 11 is 1.41. The van der Waals surface area contributed by atoms with Crippen molar-refractivity contribution in [1.29, 1.82) is 0 Å². The number of nitrogens with one attached hydrogen (secondary N) is 1. The van der Waals surface area contributed by atoms with E-state index in [4.69, 9.17) is 0 Å². The van der Waals surface area contributed by atoms with Gasteiger partial charge in [-0.1, -0.05) is 0 Å². The van der Waals surface area contributed by atoms with E-state index in [2.05, 4.69) is 9.97 Å². The van der Waals surface area contributed by atoms with Gasteiger partial charge in [-0.3, -0.25) is 4.79 Å². The Morgan fingerprint density at radius 3 is 2.78 bits per heavy atom. The van der Waals surface area contributed by atoms with E-state index in [0.29, 0.717) is 5.69 Å². The van der Waals surface area contributed by atoms with Crippen molar-refractivity contribution in [2.24, 2.45) is 0 Å². The van der Waals surface area contributed by atoms with Gasteiger partial charge in [-0.05, 0) is 6.07 Å². The number of aromatic nitrogens is 2. The van der Waals surface area contributed by atoms with Gasteiger partial charge in [0.05, 0.1) is 22.6 Å². The lowest BCUT2D eigenvalue weighted by Gasteiger charge is -2.15. The van der Waals surface area contributed by atoms with Gasteiger partial charge in [0, 0.05) is 24.7 Å². The lowest BCUT2D eigenvalue weighted by atomic mass is 10.5. The second-order valence-electron chi connectivity index (χ2n) is 3.63. The van der Waals surface area contributed by atoms with Gasteiger partial charge in [0.25, 0.3) is 0 Å². The number of nitrogens with zero attached hydrogens (tertiary/aromatic N) is 2. The lowest BCUT2D eigenvalue weighted by Crippen LogP contribution is -2.27. The van der Waals surface area contributed by atoms with Crippen molar-refractivity contribution >= 4 is 21.4 Å². The van der Waals surface area contributed by atoms with Crippen molar-refractivity contribution < 1.29 is 8.42 Å². The molecule has 0 radical (unpaired) electrons. The third-order valence-electron chi connectivity index (χ3n) is 2.33. The molecule has 0 amide bonds. The Hall–Kier alpha value is -1.51. The van der Waals surface area contributed by atoms with Crippen molar-refractivity contribution in [3.63, 3.8) is 0 Å². The van der Waals surface area contributed by atoms with E-state index < -0.39 is 10.0 Å². The molecule has 18 heavy (non-hydrogen) atoms. The molecule has 2 heterocycles. The summed E-state index contributed by atoms with van der Waals surface area (Å²) in [5.74, 6) is 0. The molecule has 96 valence electrons. The number of thiazole rings is 1. The van der Waals surface area contributed by atoms with Crippen molar-refractivity contribution in [3.8, 4) is 0 Å². The molecule has 0 atom stereocenters. The van der Waals surface area contributed by atoms with E-state index in [1.165, 1.54) is 41.0 Å². The molecule has 1 N–H and O–H groups in total. The van der Waals surface area contributed by atoms with E-state index in [0.717, 1.165) is 0 Å². The zero-order chi connectivity index (χ0) is 13.2. The number of H-pyrrole nitrogens is 1. The van der Waals surface area contributed by atoms with Gasteiger partial charge in [-0.2, -0.15) is 4.31 Å². The zero-order valence-corrected chi connectivity index (χ0v) is 11.2. The second kappa shape index (κ2) is 5.01. The van der Waals surface area contributed by atoms with Gasteiger partial charge in [-0.25, -0.2) is 13.4 Å². The fourth-order valence-corrected chi connectivity index (χ4v) is 3.03. The van der Waals surface area contributed by atoms with Crippen LogP contribution in [0.5, 0.6) is 0 Å². The molecule has 8 heteroatoms. The minimum Gasteiger partial charge on any atom is -0.328 e. The van der Waals surface area contributed by atoms with Gasteiger partial charge < -0.3 is 4.98 Å². The molecule has 6 nitrogen and oxygen atoms in total. The first kappa shape index (κ1) is 12.9. The largest absolute Gasteiger partial charge is 0.328 e. The third-order valence-corrected chi connectivity index (χ3v) is 4.77. The van der Waals surface area contributed by atoms with Crippen LogP contribution in [0.25, 0.3) is 0 Å². The topological polar surface area (TPSA) is 83.1 Å². The van der Waals surface area contributed by atoms with E-state index in [1.807, 2.05) is 0 Å². The highest BCUT2D eigenvalue weighted by atomic mass is 32.2. The molecule has 0 fully saturated rings. The Morgan fingerprint density at radius 1 is 1.44 bits per heavy atom. The fraction of sp³-hybridized carbons (Fsp3) is 0.200. The quantitative estimate of drug-likeness (QED) is 0.894. The molecular weight excluding hydrogens is 274 g/mol. The first-order chi connectivity index (χ1) is 8.50. The Bertz CT molecular complexity index is 656. The Morgan fingerprint density at radius 2 is 2.22 bits per heavy atom. The minimum absolute atomic E-state index is 0.0554. The van der Waals surface area contributed by atoms with Crippen LogP contribution in [0, 0.1) is 0 Å². The Labute approximate surface area is 108 Å². The number of hydrogen-bond acceptors (Lipinski definition) is 5. The maximum absolute atomic E-state index is 12.1. The van der Waals surface area contributed by atoms with Crippen molar-refractivity contribution in [2.45, 2.75) is 11.4 Å². The summed E-state index contributed by atoms with van der Waals surface area (Å²) < 4.78 is 25.5. The second-order valence-corrected chi connectivity index (χ2v) is 6.39. The first-order valence-electron chi connectivity index (χ1n) is 5.02. The van der Waals surface area contributed by atoms with Crippen LogP contribution in [0.15, 0.2) is 38.9 Å². The highest BCUT2D eigenvalue weighted by Crippen LogP contribution is 2.14. The number of sulfonamides is 1. The zero-order valence-electron chi connectivity index (χ0n) is 9.53. The van der Waals surface area contributed by atoms with Crippen molar-refractivity contribution in [3.05, 3.63) is 45.3 Å². The summed E-state index contributed by atoms with van der Waals surface area (Å²) in [5, 5.41) is 1.79. The van der Waals surface area contributed by atoms with E-state index in [-0.39, 0.29) is 17.0 Å². The van der Waals surface area contributed by atoms with Gasteiger partial charge in [0.1, 0.15) is 0 Å². The predicted octanol–water partition coefficient (Wildman–Crippen LogP) is 0.652. The van der Waals surface area contributed by atoms with Crippen LogP contribution < -0.4 is 5.56 Å². The third kappa shape index (κ3) is 2.66. The molecule has 0 aliphatic rings. The van der Waals surface area contributed by atoms with Crippen LogP contribution in [0.4, 0.5) is 0 Å². The average molecular weight is 285 g/mol. The maximum Gasteiger partial charge on any atom is 0.247 e. The lowest BCUT2D eigenvalue weighted by molar-refractivity contribution is 0.462. The smallest absolute Gasteiger partial charge is 0.247 e. The Kier molecular flexibility index (Phi) is 3.60. The minimum atomic E-state index is -3.60. The normalized spacial score (nSPS) is 11.9. The van der Waals surface area contributed by atoms with Crippen LogP contribution >= 0.6 is 11.3 Å². The number of rotatable bonds is 4. The molecular formula is C10H11N3O3S2. The predicted molar refractivity (Wildman–Crippen MR) is 67.8 cm³/mol. The summed E-state index contributed by atoms with van der Waals surface area (Å²) in [7, 11) is -2.13. The van der Waals surface area contributed by atoms with Crippen LogP contribution in [-0.4, -0.2) is 29.7 Å². The molecule has 0 spiro atoms. The summed E-state index contributed by atoms with van der Waals surface area (Å²) in [6, 6.07) is 2.47. The SMILES string of the molecule is CN(Cc1cscn1)S(=O)(=O)c1ccc(=O)[nH]c1. The maximum atomic E-state index is 12.1. The van der Waals surface area contributed by atoms with E-state index in [1.54, 1.807) is 10.9 Å². The van der Waals surface area contributed by atoms with Gasteiger partial charge in [0.15, 0.2) is 0 Å². The highest BCUT2D eigenvalue weighted by molar-refractivity contribution is 7.89. The summed E-state index contributed by atoms with van der Waals surface area (Å²) in [4.78, 5) is 17.3. The van der Waals surface area contributed by atoms with Gasteiger partial charge >= 0.3 is 0 Å². The highest BCUT2D eigenvalue weighted by Gasteiger charge is 2.21. The van der Waals surface area contributed by atoms with Crippen LogP contribution in [0.1, 0.15) is 5.69 Å². The first-order valence-corrected chi connectivity index (χ1v) is 7.40. The van der Waals surface area contributed by atoms with Crippen molar-refractivity contribution in [1.82, 2.24) is 14.3 Å². The standard InChI is InChI=1S/C10H11N3O3S2/c1-13(5-8-6-17-7-12-8)18(15,16)9-2-3-10(14)11-4-9/h2-4,6-7H,5H2,1H3,(H,11,14). The van der Waals surface area contributed by atoms with Gasteiger partial charge in [-0.15, -0.1) is 11.3 Å². The Balaban J connectivity index is 2.25. The van der Waals surface area contributed by atoms with E-state index >= 15 is 0 Å². The molecule has 0 unspecified atom stereocenters. The molecule has 2 rings (SSSR count). The molecule has 2 aromatic rings.